The molecule has 3 rings (SSSR count). The molecule has 0 amide bonds. The first kappa shape index (κ1) is 24.5. The Morgan fingerprint density at radius 1 is 1.10 bits per heavy atom. The van der Waals surface area contributed by atoms with Crippen molar-refractivity contribution in [2.24, 2.45) is 11.8 Å². The predicted octanol–water partition coefficient (Wildman–Crippen LogP) is 4.70. The molecular weight excluding hydrogens is 486 g/mol. The third-order valence-electron chi connectivity index (χ3n) is 6.72. The van der Waals surface area contributed by atoms with Crippen LogP contribution in [0.15, 0.2) is 22.7 Å². The molecule has 30 heavy (non-hydrogen) atoms. The van der Waals surface area contributed by atoms with Crippen LogP contribution < -0.4 is 4.72 Å². The summed E-state index contributed by atoms with van der Waals surface area (Å²) in [7, 11) is -0.164. The Balaban J connectivity index is 1.34. The molecule has 5 nitrogen and oxygen atoms in total. The zero-order valence-corrected chi connectivity index (χ0v) is 21.3. The fourth-order valence-corrected chi connectivity index (χ4v) is 6.15. The number of hydrogen-bond donors (Lipinski definition) is 1. The van der Waals surface area contributed by atoms with Gasteiger partial charge in [0.05, 0.1) is 0 Å². The van der Waals surface area contributed by atoms with E-state index in [-0.39, 0.29) is 6.04 Å². The molecule has 1 aliphatic carbocycles. The first-order valence-corrected chi connectivity index (χ1v) is 13.7. The SMILES string of the molecule is CN(C)S(=O)(=O)NC1CCC(CCN2CCC(Cc3cc(Cl)ccc3Br)CC2)CC1. The standard InChI is InChI=1S/C22H35BrClN3O2S/c1-26(2)30(28,29)25-21-6-3-17(4-7-21)9-12-27-13-10-18(11-14-27)15-19-16-20(24)5-8-22(19)23/h5,8,16-18,21,25H,3-4,6-7,9-15H2,1-2H3. The van der Waals surface area contributed by atoms with Gasteiger partial charge in [0.2, 0.25) is 0 Å². The van der Waals surface area contributed by atoms with Crippen molar-refractivity contribution in [2.45, 2.75) is 57.4 Å². The van der Waals surface area contributed by atoms with Crippen molar-refractivity contribution in [1.82, 2.24) is 13.9 Å². The van der Waals surface area contributed by atoms with E-state index >= 15 is 0 Å². The maximum atomic E-state index is 12.0. The molecular formula is C22H35BrClN3O2S. The fourth-order valence-electron chi connectivity index (χ4n) is 4.68. The minimum atomic E-state index is -3.31. The summed E-state index contributed by atoms with van der Waals surface area (Å²) >= 11 is 9.82. The molecule has 0 atom stereocenters. The molecule has 1 aromatic rings. The summed E-state index contributed by atoms with van der Waals surface area (Å²) < 4.78 is 29.2. The molecule has 1 aliphatic heterocycles. The van der Waals surface area contributed by atoms with E-state index in [2.05, 4.69) is 31.6 Å². The van der Waals surface area contributed by atoms with Gasteiger partial charge in [0.15, 0.2) is 0 Å². The molecule has 2 aliphatic rings. The van der Waals surface area contributed by atoms with Crippen LogP contribution in [0, 0.1) is 11.8 Å². The quantitative estimate of drug-likeness (QED) is 0.540. The van der Waals surface area contributed by atoms with E-state index in [1.165, 1.54) is 48.8 Å². The van der Waals surface area contributed by atoms with Gasteiger partial charge in [-0.3, -0.25) is 0 Å². The summed E-state index contributed by atoms with van der Waals surface area (Å²) in [6.45, 7) is 3.54. The average molecular weight is 521 g/mol. The molecule has 1 saturated heterocycles. The highest BCUT2D eigenvalue weighted by Crippen LogP contribution is 2.30. The van der Waals surface area contributed by atoms with Crippen LogP contribution in [-0.2, 0) is 16.6 Å². The summed E-state index contributed by atoms with van der Waals surface area (Å²) in [5.74, 6) is 1.46. The van der Waals surface area contributed by atoms with Crippen LogP contribution in [0.25, 0.3) is 0 Å². The molecule has 170 valence electrons. The van der Waals surface area contributed by atoms with Crippen LogP contribution in [0.2, 0.25) is 5.02 Å². The van der Waals surface area contributed by atoms with E-state index in [1.54, 1.807) is 14.1 Å². The highest BCUT2D eigenvalue weighted by Gasteiger charge is 2.27. The van der Waals surface area contributed by atoms with Crippen LogP contribution >= 0.6 is 27.5 Å². The molecule has 1 heterocycles. The smallest absolute Gasteiger partial charge is 0.279 e. The van der Waals surface area contributed by atoms with E-state index in [1.807, 2.05) is 12.1 Å². The number of piperidine rings is 1. The Labute approximate surface area is 195 Å². The second-order valence-electron chi connectivity index (χ2n) is 9.14. The normalized spacial score (nSPS) is 24.4. The Hall–Kier alpha value is -0.180. The number of hydrogen-bond acceptors (Lipinski definition) is 3. The highest BCUT2D eigenvalue weighted by molar-refractivity contribution is 9.10. The Bertz CT molecular complexity index is 790. The zero-order valence-electron chi connectivity index (χ0n) is 18.1. The third-order valence-corrected chi connectivity index (χ3v) is 9.32. The number of rotatable bonds is 8. The van der Waals surface area contributed by atoms with E-state index in [0.717, 1.165) is 53.4 Å². The lowest BCUT2D eigenvalue weighted by molar-refractivity contribution is 0.164. The maximum Gasteiger partial charge on any atom is 0.279 e. The molecule has 8 heteroatoms. The molecule has 0 aromatic heterocycles. The van der Waals surface area contributed by atoms with Crippen LogP contribution in [0.3, 0.4) is 0 Å². The summed E-state index contributed by atoms with van der Waals surface area (Å²) in [5, 5.41) is 0.815. The lowest BCUT2D eigenvalue weighted by atomic mass is 9.84. The number of benzene rings is 1. The second-order valence-corrected chi connectivity index (χ2v) is 12.3. The fraction of sp³-hybridized carbons (Fsp3) is 0.727. The van der Waals surface area contributed by atoms with Gasteiger partial charge in [-0.25, -0.2) is 0 Å². The number of nitrogens with one attached hydrogen (secondary N) is 1. The second kappa shape index (κ2) is 11.1. The van der Waals surface area contributed by atoms with Gasteiger partial charge in [-0.15, -0.1) is 0 Å². The van der Waals surface area contributed by atoms with Gasteiger partial charge in [0.1, 0.15) is 0 Å². The van der Waals surface area contributed by atoms with Crippen molar-refractivity contribution in [2.75, 3.05) is 33.7 Å². The third kappa shape index (κ3) is 7.17. The van der Waals surface area contributed by atoms with Gasteiger partial charge < -0.3 is 4.90 Å². The van der Waals surface area contributed by atoms with Crippen molar-refractivity contribution >= 4 is 37.7 Å². The number of likely N-dealkylation sites (tertiary alicyclic amines) is 1. The molecule has 1 N–H and O–H groups in total. The summed E-state index contributed by atoms with van der Waals surface area (Å²) in [6.07, 6.45) is 8.98. The van der Waals surface area contributed by atoms with Gasteiger partial charge >= 0.3 is 0 Å². The minimum Gasteiger partial charge on any atom is -0.303 e. The zero-order chi connectivity index (χ0) is 21.7. The van der Waals surface area contributed by atoms with E-state index in [0.29, 0.717) is 0 Å². The van der Waals surface area contributed by atoms with E-state index in [9.17, 15) is 8.42 Å². The van der Waals surface area contributed by atoms with Crippen molar-refractivity contribution in [3.8, 4) is 0 Å². The first-order chi connectivity index (χ1) is 14.2. The van der Waals surface area contributed by atoms with Crippen molar-refractivity contribution in [3.05, 3.63) is 33.3 Å². The van der Waals surface area contributed by atoms with Gasteiger partial charge in [-0.05, 0) is 107 Å². The topological polar surface area (TPSA) is 52.7 Å². The average Bonchev–Trinajstić information content (AvgIpc) is 2.71. The molecule has 2 fully saturated rings. The highest BCUT2D eigenvalue weighted by atomic mass is 79.9. The summed E-state index contributed by atoms with van der Waals surface area (Å²) in [6, 6.07) is 6.16. The van der Waals surface area contributed by atoms with Crippen LogP contribution in [0.1, 0.15) is 50.5 Å². The van der Waals surface area contributed by atoms with Gasteiger partial charge in [-0.2, -0.15) is 17.4 Å². The van der Waals surface area contributed by atoms with Crippen molar-refractivity contribution in [3.63, 3.8) is 0 Å². The van der Waals surface area contributed by atoms with E-state index < -0.39 is 10.2 Å². The molecule has 0 unspecified atom stereocenters. The Kier molecular flexibility index (Phi) is 9.05. The lowest BCUT2D eigenvalue weighted by Crippen LogP contribution is -2.43. The van der Waals surface area contributed by atoms with Gasteiger partial charge in [-0.1, -0.05) is 27.5 Å². The molecule has 1 aromatic carbocycles. The maximum absolute atomic E-state index is 12.0. The Morgan fingerprint density at radius 2 is 1.77 bits per heavy atom. The van der Waals surface area contributed by atoms with E-state index in [4.69, 9.17) is 11.6 Å². The lowest BCUT2D eigenvalue weighted by Gasteiger charge is -2.34. The summed E-state index contributed by atoms with van der Waals surface area (Å²) in [5.41, 5.74) is 1.32. The van der Waals surface area contributed by atoms with Crippen molar-refractivity contribution < 1.29 is 8.42 Å². The first-order valence-electron chi connectivity index (χ1n) is 11.1. The Morgan fingerprint density at radius 3 is 2.40 bits per heavy atom. The van der Waals surface area contributed by atoms with Crippen molar-refractivity contribution in [1.29, 1.82) is 0 Å². The molecule has 1 saturated carbocycles. The predicted molar refractivity (Wildman–Crippen MR) is 128 cm³/mol. The largest absolute Gasteiger partial charge is 0.303 e. The van der Waals surface area contributed by atoms with Gasteiger partial charge in [0.25, 0.3) is 10.2 Å². The number of nitrogens with zero attached hydrogens (tertiary/aromatic N) is 2. The van der Waals surface area contributed by atoms with Crippen LogP contribution in [-0.4, -0.2) is 57.4 Å². The molecule has 0 spiro atoms. The molecule has 0 radical (unpaired) electrons. The molecule has 0 bridgehead atoms. The number of halogens is 2. The van der Waals surface area contributed by atoms with Crippen LogP contribution in [0.5, 0.6) is 0 Å². The van der Waals surface area contributed by atoms with Gasteiger partial charge in [0, 0.05) is 29.6 Å². The monoisotopic (exact) mass is 519 g/mol. The minimum absolute atomic E-state index is 0.0928. The summed E-state index contributed by atoms with van der Waals surface area (Å²) in [4.78, 5) is 2.62. The van der Waals surface area contributed by atoms with Crippen LogP contribution in [0.4, 0.5) is 0 Å².